The monoisotopic (exact) mass is 289 g/mol. The van der Waals surface area contributed by atoms with Gasteiger partial charge in [-0.05, 0) is 37.5 Å². The van der Waals surface area contributed by atoms with Crippen LogP contribution in [0.1, 0.15) is 25.7 Å². The van der Waals surface area contributed by atoms with Gasteiger partial charge in [0.2, 0.25) is 5.91 Å². The number of alkyl halides is 1. The normalized spacial score (nSPS) is 16.7. The zero-order valence-electron chi connectivity index (χ0n) is 12.3. The van der Waals surface area contributed by atoms with Crippen molar-refractivity contribution < 1.29 is 9.18 Å². The third-order valence-corrected chi connectivity index (χ3v) is 4.29. The highest BCUT2D eigenvalue weighted by molar-refractivity contribution is 5.77. The molecule has 1 fully saturated rings. The zero-order chi connectivity index (χ0) is 14.9. The van der Waals surface area contributed by atoms with Crippen LogP contribution >= 0.6 is 0 Å². The number of halogens is 1. The van der Waals surface area contributed by atoms with Crippen LogP contribution < -0.4 is 0 Å². The Morgan fingerprint density at radius 1 is 1.48 bits per heavy atom. The van der Waals surface area contributed by atoms with Crippen molar-refractivity contribution in [2.24, 2.45) is 0 Å². The van der Waals surface area contributed by atoms with Crippen molar-refractivity contribution in [3.05, 3.63) is 30.6 Å². The molecule has 112 valence electrons. The number of carbonyl (C=O) groups is 1. The lowest BCUT2D eigenvalue weighted by Crippen LogP contribution is -2.45. The number of amides is 1. The topological polar surface area (TPSA) is 38.1 Å². The number of rotatable bonds is 5. The summed E-state index contributed by atoms with van der Waals surface area (Å²) >= 11 is 0. The van der Waals surface area contributed by atoms with Crippen molar-refractivity contribution in [2.75, 3.05) is 13.6 Å². The van der Waals surface area contributed by atoms with E-state index in [9.17, 15) is 9.18 Å². The number of pyridine rings is 1. The first-order valence-corrected chi connectivity index (χ1v) is 7.40. The van der Waals surface area contributed by atoms with E-state index in [1.54, 1.807) is 13.2 Å². The molecule has 0 N–H and O–H groups in total. The van der Waals surface area contributed by atoms with Crippen LogP contribution in [0.5, 0.6) is 0 Å². The van der Waals surface area contributed by atoms with Crippen molar-refractivity contribution in [3.8, 4) is 0 Å². The van der Waals surface area contributed by atoms with Gasteiger partial charge >= 0.3 is 0 Å². The molecule has 0 saturated heterocycles. The predicted octanol–water partition coefficient (Wildman–Crippen LogP) is 2.78. The minimum atomic E-state index is -1.15. The molecule has 0 aliphatic heterocycles. The van der Waals surface area contributed by atoms with Crippen molar-refractivity contribution in [2.45, 2.75) is 37.9 Å². The Kier molecular flexibility index (Phi) is 3.66. The van der Waals surface area contributed by atoms with Gasteiger partial charge in [-0.15, -0.1) is 0 Å². The summed E-state index contributed by atoms with van der Waals surface area (Å²) in [5.41, 5.74) is -0.263. The molecule has 1 saturated carbocycles. The van der Waals surface area contributed by atoms with E-state index >= 15 is 0 Å². The lowest BCUT2D eigenvalue weighted by atomic mass is 9.82. The molecule has 0 aromatic carbocycles. The molecular weight excluding hydrogens is 269 g/mol. The Morgan fingerprint density at radius 3 is 3.00 bits per heavy atom. The number of carbonyl (C=O) groups excluding carboxylic acids is 1. The number of fused-ring (bicyclic) bond motifs is 1. The van der Waals surface area contributed by atoms with E-state index in [2.05, 4.69) is 4.98 Å². The molecule has 0 spiro atoms. The van der Waals surface area contributed by atoms with Crippen molar-refractivity contribution in [1.82, 2.24) is 14.5 Å². The SMILES string of the molecule is CN(CC1(F)CCC1)C(=O)CCn1ccc2cccnc21. The zero-order valence-corrected chi connectivity index (χ0v) is 12.3. The molecule has 3 rings (SSSR count). The van der Waals surface area contributed by atoms with Crippen LogP contribution in [-0.2, 0) is 11.3 Å². The van der Waals surface area contributed by atoms with E-state index in [0.29, 0.717) is 25.8 Å². The van der Waals surface area contributed by atoms with E-state index in [-0.39, 0.29) is 12.5 Å². The summed E-state index contributed by atoms with van der Waals surface area (Å²) in [5, 5.41) is 1.07. The van der Waals surface area contributed by atoms with Gasteiger partial charge in [0.25, 0.3) is 0 Å². The molecule has 2 heterocycles. The molecule has 0 bridgehead atoms. The molecule has 21 heavy (non-hydrogen) atoms. The summed E-state index contributed by atoms with van der Waals surface area (Å²) in [6.07, 6.45) is 6.14. The van der Waals surface area contributed by atoms with Gasteiger partial charge in [0.05, 0.1) is 6.54 Å². The maximum absolute atomic E-state index is 14.0. The largest absolute Gasteiger partial charge is 0.342 e. The highest BCUT2D eigenvalue weighted by Gasteiger charge is 2.38. The lowest BCUT2D eigenvalue weighted by molar-refractivity contribution is -0.133. The molecule has 0 unspecified atom stereocenters. The summed E-state index contributed by atoms with van der Waals surface area (Å²) in [5.74, 6) is -0.0169. The van der Waals surface area contributed by atoms with Crippen molar-refractivity contribution >= 4 is 16.9 Å². The van der Waals surface area contributed by atoms with Gasteiger partial charge in [0, 0.05) is 37.8 Å². The van der Waals surface area contributed by atoms with Gasteiger partial charge in [0.1, 0.15) is 11.3 Å². The van der Waals surface area contributed by atoms with Crippen LogP contribution in [-0.4, -0.2) is 39.6 Å². The van der Waals surface area contributed by atoms with E-state index in [1.165, 1.54) is 4.90 Å². The molecule has 2 aromatic rings. The number of hydrogen-bond donors (Lipinski definition) is 0. The van der Waals surface area contributed by atoms with Gasteiger partial charge in [-0.2, -0.15) is 0 Å². The minimum Gasteiger partial charge on any atom is -0.342 e. The fourth-order valence-electron chi connectivity index (χ4n) is 2.84. The number of nitrogens with zero attached hydrogens (tertiary/aromatic N) is 3. The van der Waals surface area contributed by atoms with E-state index in [0.717, 1.165) is 17.5 Å². The quantitative estimate of drug-likeness (QED) is 0.849. The number of aryl methyl sites for hydroxylation is 1. The maximum Gasteiger partial charge on any atom is 0.224 e. The Morgan fingerprint density at radius 2 is 2.29 bits per heavy atom. The highest BCUT2D eigenvalue weighted by atomic mass is 19.1. The van der Waals surface area contributed by atoms with Crippen molar-refractivity contribution in [3.63, 3.8) is 0 Å². The van der Waals surface area contributed by atoms with Crippen LogP contribution in [0.15, 0.2) is 30.6 Å². The molecule has 0 atom stereocenters. The third-order valence-electron chi connectivity index (χ3n) is 4.29. The standard InChI is InChI=1S/C16H20FN3O/c1-19(12-16(17)7-3-8-16)14(21)6-11-20-10-5-13-4-2-9-18-15(13)20/h2,4-5,9-10H,3,6-8,11-12H2,1H3. The van der Waals surface area contributed by atoms with Crippen molar-refractivity contribution in [1.29, 1.82) is 0 Å². The second-order valence-electron chi connectivity index (χ2n) is 5.93. The molecule has 0 radical (unpaired) electrons. The summed E-state index contributed by atoms with van der Waals surface area (Å²) in [6, 6.07) is 5.88. The molecule has 1 aliphatic rings. The average molecular weight is 289 g/mol. The van der Waals surface area contributed by atoms with Crippen LogP contribution in [0.2, 0.25) is 0 Å². The Labute approximate surface area is 123 Å². The van der Waals surface area contributed by atoms with Crippen LogP contribution in [0.4, 0.5) is 4.39 Å². The van der Waals surface area contributed by atoms with Crippen LogP contribution in [0, 0.1) is 0 Å². The maximum atomic E-state index is 14.0. The lowest BCUT2D eigenvalue weighted by Gasteiger charge is -2.37. The molecule has 1 amide bonds. The third kappa shape index (κ3) is 2.91. The Hall–Kier alpha value is -1.91. The van der Waals surface area contributed by atoms with E-state index in [1.807, 2.05) is 29.0 Å². The Bertz CT molecular complexity index is 648. The predicted molar refractivity (Wildman–Crippen MR) is 79.7 cm³/mol. The second-order valence-corrected chi connectivity index (χ2v) is 5.93. The van der Waals surface area contributed by atoms with Gasteiger partial charge < -0.3 is 9.47 Å². The summed E-state index contributed by atoms with van der Waals surface area (Å²) < 4.78 is 16.0. The summed E-state index contributed by atoms with van der Waals surface area (Å²) in [7, 11) is 1.69. The molecule has 2 aromatic heterocycles. The summed E-state index contributed by atoms with van der Waals surface area (Å²) in [4.78, 5) is 18.0. The van der Waals surface area contributed by atoms with E-state index < -0.39 is 5.67 Å². The highest BCUT2D eigenvalue weighted by Crippen LogP contribution is 2.36. The fourth-order valence-corrected chi connectivity index (χ4v) is 2.84. The number of hydrogen-bond acceptors (Lipinski definition) is 2. The van der Waals surface area contributed by atoms with Crippen LogP contribution in [0.25, 0.3) is 11.0 Å². The summed E-state index contributed by atoms with van der Waals surface area (Å²) in [6.45, 7) is 0.791. The Balaban J connectivity index is 1.58. The second kappa shape index (κ2) is 5.47. The van der Waals surface area contributed by atoms with Crippen LogP contribution in [0.3, 0.4) is 0 Å². The first kappa shape index (κ1) is 14.0. The number of aromatic nitrogens is 2. The van der Waals surface area contributed by atoms with Gasteiger partial charge in [-0.3, -0.25) is 4.79 Å². The molecule has 5 heteroatoms. The van der Waals surface area contributed by atoms with Gasteiger partial charge in [-0.1, -0.05) is 0 Å². The molecule has 1 aliphatic carbocycles. The average Bonchev–Trinajstić information content (AvgIpc) is 2.86. The first-order valence-electron chi connectivity index (χ1n) is 7.40. The molecule has 4 nitrogen and oxygen atoms in total. The smallest absolute Gasteiger partial charge is 0.224 e. The van der Waals surface area contributed by atoms with Gasteiger partial charge in [0.15, 0.2) is 0 Å². The minimum absolute atomic E-state index is 0.0169. The fraction of sp³-hybridized carbons (Fsp3) is 0.500. The van der Waals surface area contributed by atoms with E-state index in [4.69, 9.17) is 0 Å². The first-order chi connectivity index (χ1) is 10.1. The van der Waals surface area contributed by atoms with Gasteiger partial charge in [-0.25, -0.2) is 9.37 Å². The molecular formula is C16H20FN3O.